The lowest BCUT2D eigenvalue weighted by Crippen LogP contribution is -2.25. The minimum Gasteiger partial charge on any atom is -0.491 e. The molecule has 0 aliphatic carbocycles. The Morgan fingerprint density at radius 3 is 2.86 bits per heavy atom. The van der Waals surface area contributed by atoms with Gasteiger partial charge in [-0.1, -0.05) is 35.9 Å². The van der Waals surface area contributed by atoms with Gasteiger partial charge in [0.15, 0.2) is 0 Å². The van der Waals surface area contributed by atoms with E-state index in [-0.39, 0.29) is 0 Å². The van der Waals surface area contributed by atoms with Crippen molar-refractivity contribution in [1.29, 1.82) is 0 Å². The number of hydrogen-bond acceptors (Lipinski definition) is 3. The average molecular weight is 303 g/mol. The Morgan fingerprint density at radius 1 is 1.19 bits per heavy atom. The summed E-state index contributed by atoms with van der Waals surface area (Å²) in [4.78, 5) is 2.30. The molecule has 0 aromatic heterocycles. The molecule has 3 rings (SSSR count). The van der Waals surface area contributed by atoms with E-state index < -0.39 is 0 Å². The maximum Gasteiger partial charge on any atom is 0.124 e. The van der Waals surface area contributed by atoms with Gasteiger partial charge in [-0.3, -0.25) is 0 Å². The highest BCUT2D eigenvalue weighted by Crippen LogP contribution is 2.29. The summed E-state index contributed by atoms with van der Waals surface area (Å²) in [6.45, 7) is 2.98. The van der Waals surface area contributed by atoms with E-state index in [4.69, 9.17) is 22.1 Å². The van der Waals surface area contributed by atoms with Crippen molar-refractivity contribution in [3.8, 4) is 5.75 Å². The molecule has 0 amide bonds. The SMILES string of the molecule is NCCc1ccc(N2CCOc3ccccc3C2)cc1Cl. The van der Waals surface area contributed by atoms with Crippen molar-refractivity contribution in [3.05, 3.63) is 58.6 Å². The zero-order valence-corrected chi connectivity index (χ0v) is 12.6. The molecule has 1 aliphatic rings. The highest BCUT2D eigenvalue weighted by Gasteiger charge is 2.16. The molecule has 3 nitrogen and oxygen atoms in total. The zero-order valence-electron chi connectivity index (χ0n) is 11.9. The molecule has 2 aromatic rings. The van der Waals surface area contributed by atoms with Gasteiger partial charge in [-0.25, -0.2) is 0 Å². The van der Waals surface area contributed by atoms with E-state index >= 15 is 0 Å². The molecule has 0 radical (unpaired) electrons. The van der Waals surface area contributed by atoms with Crippen molar-refractivity contribution in [2.45, 2.75) is 13.0 Å². The van der Waals surface area contributed by atoms with Crippen LogP contribution in [0, 0.1) is 0 Å². The lowest BCUT2D eigenvalue weighted by atomic mass is 10.1. The summed E-state index contributed by atoms with van der Waals surface area (Å²) in [5.41, 5.74) is 9.04. The van der Waals surface area contributed by atoms with E-state index in [0.29, 0.717) is 13.2 Å². The molecule has 2 aromatic carbocycles. The van der Waals surface area contributed by atoms with Crippen molar-refractivity contribution in [2.24, 2.45) is 5.73 Å². The van der Waals surface area contributed by atoms with Crippen molar-refractivity contribution in [2.75, 3.05) is 24.6 Å². The molecule has 0 spiro atoms. The normalized spacial score (nSPS) is 14.3. The van der Waals surface area contributed by atoms with Gasteiger partial charge in [-0.2, -0.15) is 0 Å². The fraction of sp³-hybridized carbons (Fsp3) is 0.294. The van der Waals surface area contributed by atoms with Gasteiger partial charge >= 0.3 is 0 Å². The third-order valence-corrected chi connectivity index (χ3v) is 4.12. The van der Waals surface area contributed by atoms with E-state index in [2.05, 4.69) is 23.1 Å². The predicted octanol–water partition coefficient (Wildman–Crippen LogP) is 3.24. The number of para-hydroxylation sites is 1. The molecule has 1 heterocycles. The number of ether oxygens (including phenoxy) is 1. The Balaban J connectivity index is 1.85. The van der Waals surface area contributed by atoms with Gasteiger partial charge in [0, 0.05) is 22.8 Å². The summed E-state index contributed by atoms with van der Waals surface area (Å²) >= 11 is 6.35. The van der Waals surface area contributed by atoms with E-state index in [1.807, 2.05) is 24.3 Å². The topological polar surface area (TPSA) is 38.5 Å². The van der Waals surface area contributed by atoms with Crippen LogP contribution in [-0.2, 0) is 13.0 Å². The summed E-state index contributed by atoms with van der Waals surface area (Å²) in [6.07, 6.45) is 0.811. The Labute approximate surface area is 130 Å². The number of halogens is 1. The molecule has 0 saturated heterocycles. The Hall–Kier alpha value is -1.71. The van der Waals surface area contributed by atoms with E-state index in [0.717, 1.165) is 41.5 Å². The van der Waals surface area contributed by atoms with Gasteiger partial charge in [-0.05, 0) is 36.7 Å². The van der Waals surface area contributed by atoms with Crippen LogP contribution in [0.4, 0.5) is 5.69 Å². The van der Waals surface area contributed by atoms with Crippen LogP contribution < -0.4 is 15.4 Å². The first kappa shape index (κ1) is 14.2. The maximum atomic E-state index is 6.35. The zero-order chi connectivity index (χ0) is 14.7. The van der Waals surface area contributed by atoms with Gasteiger partial charge in [0.2, 0.25) is 0 Å². The molecular weight excluding hydrogens is 284 g/mol. The van der Waals surface area contributed by atoms with Gasteiger partial charge in [0.05, 0.1) is 6.54 Å². The molecule has 0 fully saturated rings. The molecule has 2 N–H and O–H groups in total. The van der Waals surface area contributed by atoms with Crippen LogP contribution in [-0.4, -0.2) is 19.7 Å². The lowest BCUT2D eigenvalue weighted by molar-refractivity contribution is 0.331. The summed E-state index contributed by atoms with van der Waals surface area (Å²) in [5.74, 6) is 0.978. The number of rotatable bonds is 3. The molecule has 21 heavy (non-hydrogen) atoms. The highest BCUT2D eigenvalue weighted by molar-refractivity contribution is 6.31. The monoisotopic (exact) mass is 302 g/mol. The molecule has 110 valence electrons. The summed E-state index contributed by atoms with van der Waals surface area (Å²) in [6, 6.07) is 14.4. The molecule has 0 unspecified atom stereocenters. The fourth-order valence-electron chi connectivity index (χ4n) is 2.64. The second-order valence-corrected chi connectivity index (χ2v) is 5.60. The van der Waals surface area contributed by atoms with Crippen LogP contribution >= 0.6 is 11.6 Å². The van der Waals surface area contributed by atoms with Gasteiger partial charge in [0.25, 0.3) is 0 Å². The molecule has 1 aliphatic heterocycles. The summed E-state index contributed by atoms with van der Waals surface area (Å²) in [7, 11) is 0. The van der Waals surface area contributed by atoms with Crippen molar-refractivity contribution in [3.63, 3.8) is 0 Å². The van der Waals surface area contributed by atoms with Crippen LogP contribution in [0.1, 0.15) is 11.1 Å². The minimum absolute atomic E-state index is 0.615. The minimum atomic E-state index is 0.615. The Kier molecular flexibility index (Phi) is 4.32. The first-order chi connectivity index (χ1) is 10.3. The van der Waals surface area contributed by atoms with Gasteiger partial charge in [-0.15, -0.1) is 0 Å². The fourth-order valence-corrected chi connectivity index (χ4v) is 2.91. The molecular formula is C17H19ClN2O. The van der Waals surface area contributed by atoms with Crippen molar-refractivity contribution >= 4 is 17.3 Å². The smallest absolute Gasteiger partial charge is 0.124 e. The molecule has 0 saturated carbocycles. The van der Waals surface area contributed by atoms with E-state index in [1.54, 1.807) is 0 Å². The average Bonchev–Trinajstić information content (AvgIpc) is 2.71. The van der Waals surface area contributed by atoms with Crippen molar-refractivity contribution < 1.29 is 4.74 Å². The largest absolute Gasteiger partial charge is 0.491 e. The number of nitrogens with two attached hydrogens (primary N) is 1. The lowest BCUT2D eigenvalue weighted by Gasteiger charge is -2.23. The van der Waals surface area contributed by atoms with Crippen molar-refractivity contribution in [1.82, 2.24) is 0 Å². The molecule has 0 atom stereocenters. The van der Waals surface area contributed by atoms with Crippen LogP contribution in [0.25, 0.3) is 0 Å². The third-order valence-electron chi connectivity index (χ3n) is 3.77. The maximum absolute atomic E-state index is 6.35. The molecule has 4 heteroatoms. The van der Waals surface area contributed by atoms with E-state index in [9.17, 15) is 0 Å². The van der Waals surface area contributed by atoms with Gasteiger partial charge < -0.3 is 15.4 Å². The quantitative estimate of drug-likeness (QED) is 0.946. The number of anilines is 1. The second kappa shape index (κ2) is 6.37. The summed E-state index contributed by atoms with van der Waals surface area (Å²) in [5, 5.41) is 0.788. The number of benzene rings is 2. The molecule has 0 bridgehead atoms. The van der Waals surface area contributed by atoms with Crippen LogP contribution in [0.2, 0.25) is 5.02 Å². The Morgan fingerprint density at radius 2 is 2.05 bits per heavy atom. The van der Waals surface area contributed by atoms with Gasteiger partial charge in [0.1, 0.15) is 12.4 Å². The third kappa shape index (κ3) is 3.14. The standard InChI is InChI=1S/C17H19ClN2O/c18-16-11-15(6-5-13(16)7-8-19)20-9-10-21-17-4-2-1-3-14(17)12-20/h1-6,11H,7-10,12,19H2. The van der Waals surface area contributed by atoms with E-state index in [1.165, 1.54) is 5.56 Å². The number of nitrogens with zero attached hydrogens (tertiary/aromatic N) is 1. The predicted molar refractivity (Wildman–Crippen MR) is 87.2 cm³/mol. The Bertz CT molecular complexity index is 630. The van der Waals surface area contributed by atoms with Crippen LogP contribution in [0.3, 0.4) is 0 Å². The van der Waals surface area contributed by atoms with Crippen LogP contribution in [0.15, 0.2) is 42.5 Å². The summed E-state index contributed by atoms with van der Waals surface area (Å²) < 4.78 is 5.80. The number of fused-ring (bicyclic) bond motifs is 1. The number of hydrogen-bond donors (Lipinski definition) is 1. The first-order valence-electron chi connectivity index (χ1n) is 7.22. The second-order valence-electron chi connectivity index (χ2n) is 5.19. The first-order valence-corrected chi connectivity index (χ1v) is 7.60. The highest BCUT2D eigenvalue weighted by atomic mass is 35.5. The van der Waals surface area contributed by atoms with Crippen LogP contribution in [0.5, 0.6) is 5.75 Å².